The highest BCUT2D eigenvalue weighted by molar-refractivity contribution is 7.47. The second kappa shape index (κ2) is 72.4. The molecule has 9 heteroatoms. The summed E-state index contributed by atoms with van der Waals surface area (Å²) in [6.07, 6.45) is 113. The zero-order valence-corrected chi connectivity index (χ0v) is 61.8. The Morgan fingerprint density at radius 3 is 0.946 bits per heavy atom. The predicted octanol–water partition coefficient (Wildman–Crippen LogP) is 25.3. The third-order valence-corrected chi connectivity index (χ3v) is 17.5. The van der Waals surface area contributed by atoms with Crippen LogP contribution in [0.1, 0.15) is 316 Å². The summed E-state index contributed by atoms with van der Waals surface area (Å²) >= 11 is 0. The molecule has 0 heterocycles. The van der Waals surface area contributed by atoms with Crippen molar-refractivity contribution in [3.8, 4) is 0 Å². The number of likely N-dealkylation sites (N-methyl/N-ethyl adjacent to an activating group) is 1. The number of rotatable bonds is 69. The molecule has 532 valence electrons. The van der Waals surface area contributed by atoms with Crippen LogP contribution in [-0.2, 0) is 18.4 Å². The van der Waals surface area contributed by atoms with Gasteiger partial charge in [-0.2, -0.15) is 0 Å². The molecule has 0 saturated heterocycles. The predicted molar refractivity (Wildman–Crippen MR) is 410 cm³/mol. The first-order valence-electron chi connectivity index (χ1n) is 38.4. The number of quaternary nitrogens is 1. The maximum absolute atomic E-state index is 13.1. The van der Waals surface area contributed by atoms with Gasteiger partial charge in [0.2, 0.25) is 5.91 Å². The number of nitrogens with zero attached hydrogens (tertiary/aromatic N) is 1. The van der Waals surface area contributed by atoms with Gasteiger partial charge in [-0.15, -0.1) is 0 Å². The van der Waals surface area contributed by atoms with Crippen LogP contribution in [0.25, 0.3) is 0 Å². The molecule has 0 aliphatic rings. The highest BCUT2D eigenvalue weighted by atomic mass is 31.2. The molecule has 0 bridgehead atoms. The molecule has 0 aromatic heterocycles. The Morgan fingerprint density at radius 2 is 0.645 bits per heavy atom. The number of phosphoric acid groups is 1. The zero-order chi connectivity index (χ0) is 67.6. The number of hydrogen-bond acceptors (Lipinski definition) is 5. The van der Waals surface area contributed by atoms with E-state index in [1.165, 1.54) is 167 Å². The lowest BCUT2D eigenvalue weighted by Crippen LogP contribution is -2.45. The van der Waals surface area contributed by atoms with E-state index in [0.29, 0.717) is 17.4 Å². The van der Waals surface area contributed by atoms with Gasteiger partial charge in [0.05, 0.1) is 39.9 Å². The quantitative estimate of drug-likeness (QED) is 0.0243. The third kappa shape index (κ3) is 75.4. The van der Waals surface area contributed by atoms with Crippen molar-refractivity contribution >= 4 is 13.7 Å². The number of carbonyl (C=O) groups excluding carboxylic acids is 1. The third-order valence-electron chi connectivity index (χ3n) is 16.5. The molecule has 8 nitrogen and oxygen atoms in total. The standard InChI is InChI=1S/C84H145N2O6P/c1-6-8-10-12-14-16-18-20-22-24-26-28-30-32-34-36-38-39-40-41-42-43-44-45-46-47-48-50-52-54-56-58-60-62-64-66-68-70-72-74-76-78-84(88)85-82(81-92-93(89,90)91-80-79-86(3,4)5)83(87)77-75-73-71-69-67-65-63-61-59-57-55-53-51-49-37-35-33-31-29-27-25-23-21-19-17-15-13-11-9-7-2/h8,10,14,16,20,22,26,28,32,34,38-39,41-42,44-45,47-48,52,54,58,60,64,66,75,77,82-83,87H,6-7,9,11-13,15,17-19,21,23-25,27,29-31,33,35-37,40,43,46,49-51,53,55-57,59,61-63,65,67-74,76,78-81H2,1-5H3,(H-,85,88,89,90)/p+1/b10-8-,16-14-,22-20-,28-26-,34-32-,39-38-,42-41-,45-44-,48-47-,54-52-,60-58-,66-64-,77-75+. The molecule has 0 rings (SSSR count). The summed E-state index contributed by atoms with van der Waals surface area (Å²) in [5, 5.41) is 14.0. The summed E-state index contributed by atoms with van der Waals surface area (Å²) in [5.74, 6) is -0.204. The molecule has 0 aliphatic heterocycles. The van der Waals surface area contributed by atoms with Gasteiger partial charge in [0, 0.05) is 6.42 Å². The van der Waals surface area contributed by atoms with Gasteiger partial charge in [-0.1, -0.05) is 358 Å². The number of hydrogen-bond donors (Lipinski definition) is 3. The number of aliphatic hydroxyl groups is 1. The number of allylic oxidation sites excluding steroid dienone is 25. The minimum Gasteiger partial charge on any atom is -0.387 e. The summed E-state index contributed by atoms with van der Waals surface area (Å²) in [6.45, 7) is 4.70. The molecule has 3 atom stereocenters. The lowest BCUT2D eigenvalue weighted by Gasteiger charge is -2.25. The fraction of sp³-hybridized carbons (Fsp3) is 0.679. The molecule has 0 aromatic rings. The summed E-state index contributed by atoms with van der Waals surface area (Å²) in [6, 6.07) is -0.874. The molecule has 1 amide bonds. The first-order valence-corrected chi connectivity index (χ1v) is 39.9. The molecule has 3 unspecified atom stereocenters. The van der Waals surface area contributed by atoms with Crippen molar-refractivity contribution in [2.24, 2.45) is 0 Å². The van der Waals surface area contributed by atoms with Gasteiger partial charge >= 0.3 is 7.82 Å². The Balaban J connectivity index is 4.16. The monoisotopic (exact) mass is 1310 g/mol. The van der Waals surface area contributed by atoms with Gasteiger partial charge in [-0.3, -0.25) is 13.8 Å². The number of carbonyl (C=O) groups is 1. The molecule has 0 fully saturated rings. The van der Waals surface area contributed by atoms with Crippen LogP contribution in [0.5, 0.6) is 0 Å². The van der Waals surface area contributed by atoms with Gasteiger partial charge < -0.3 is 19.8 Å². The Hall–Kier alpha value is -3.88. The van der Waals surface area contributed by atoms with E-state index in [-0.39, 0.29) is 19.1 Å². The van der Waals surface area contributed by atoms with Crippen molar-refractivity contribution in [3.05, 3.63) is 158 Å². The average Bonchev–Trinajstić information content (AvgIpc) is 2.75. The molecule has 3 N–H and O–H groups in total. The van der Waals surface area contributed by atoms with E-state index in [4.69, 9.17) is 9.05 Å². The van der Waals surface area contributed by atoms with Crippen LogP contribution < -0.4 is 5.32 Å². The molecule has 0 radical (unpaired) electrons. The van der Waals surface area contributed by atoms with Crippen LogP contribution in [0.4, 0.5) is 0 Å². The summed E-state index contributed by atoms with van der Waals surface area (Å²) in [5.41, 5.74) is 0. The minimum atomic E-state index is -4.38. The molecule has 0 saturated carbocycles. The normalized spacial score (nSPS) is 14.4. The van der Waals surface area contributed by atoms with Gasteiger partial charge in [0.25, 0.3) is 0 Å². The van der Waals surface area contributed by atoms with Gasteiger partial charge in [0.15, 0.2) is 0 Å². The topological polar surface area (TPSA) is 105 Å². The lowest BCUT2D eigenvalue weighted by atomic mass is 10.0. The Labute approximate surface area is 575 Å². The van der Waals surface area contributed by atoms with E-state index in [0.717, 1.165) is 128 Å². The van der Waals surface area contributed by atoms with Crippen molar-refractivity contribution in [3.63, 3.8) is 0 Å². The van der Waals surface area contributed by atoms with E-state index in [1.54, 1.807) is 6.08 Å². The highest BCUT2D eigenvalue weighted by Gasteiger charge is 2.28. The molecule has 93 heavy (non-hydrogen) atoms. The lowest BCUT2D eigenvalue weighted by molar-refractivity contribution is -0.870. The van der Waals surface area contributed by atoms with Gasteiger partial charge in [0.1, 0.15) is 13.2 Å². The van der Waals surface area contributed by atoms with Crippen molar-refractivity contribution in [1.29, 1.82) is 0 Å². The number of aliphatic hydroxyl groups excluding tert-OH is 1. The fourth-order valence-electron chi connectivity index (χ4n) is 10.6. The number of phosphoric ester groups is 1. The molecular weight excluding hydrogens is 1160 g/mol. The second-order valence-electron chi connectivity index (χ2n) is 26.6. The highest BCUT2D eigenvalue weighted by Crippen LogP contribution is 2.43. The SMILES string of the molecule is CC/C=C\C/C=C\C/C=C\C/C=C\C/C=C\C/C=C\C/C=C\C/C=C\C/C=C\C/C=C\C/C=C\C/C=C\CCCCCCC(=O)NC(COP(=O)(O)OCC[N+](C)(C)C)C(O)/C=C/CCCCCCCCCCCCCCCCCCCCCCCCCCCCCC. The first kappa shape index (κ1) is 89.1. The first-order chi connectivity index (χ1) is 45.5. The number of unbranched alkanes of at least 4 members (excludes halogenated alkanes) is 32. The van der Waals surface area contributed by atoms with Crippen LogP contribution >= 0.6 is 7.82 Å². The van der Waals surface area contributed by atoms with Crippen LogP contribution in [0.15, 0.2) is 158 Å². The van der Waals surface area contributed by atoms with E-state index in [9.17, 15) is 19.4 Å². The molecule has 0 aliphatic carbocycles. The number of amides is 1. The fourth-order valence-corrected chi connectivity index (χ4v) is 11.4. The van der Waals surface area contributed by atoms with E-state index in [2.05, 4.69) is 165 Å². The van der Waals surface area contributed by atoms with Crippen molar-refractivity contribution in [2.75, 3.05) is 40.9 Å². The Bertz CT molecular complexity index is 2080. The maximum atomic E-state index is 13.1. The van der Waals surface area contributed by atoms with Gasteiger partial charge in [-0.25, -0.2) is 4.57 Å². The van der Waals surface area contributed by atoms with Gasteiger partial charge in [-0.05, 0) is 109 Å². The maximum Gasteiger partial charge on any atom is 0.472 e. The van der Waals surface area contributed by atoms with Crippen molar-refractivity contribution in [2.45, 2.75) is 328 Å². The van der Waals surface area contributed by atoms with E-state index < -0.39 is 20.0 Å². The molecule has 0 spiro atoms. The smallest absolute Gasteiger partial charge is 0.387 e. The largest absolute Gasteiger partial charge is 0.472 e. The summed E-state index contributed by atoms with van der Waals surface area (Å²) in [7, 11) is 1.54. The van der Waals surface area contributed by atoms with E-state index >= 15 is 0 Å². The van der Waals surface area contributed by atoms with Crippen molar-refractivity contribution < 1.29 is 32.9 Å². The minimum absolute atomic E-state index is 0.0486. The number of nitrogens with one attached hydrogen (secondary N) is 1. The molecule has 0 aromatic carbocycles. The van der Waals surface area contributed by atoms with Crippen LogP contribution in [0.2, 0.25) is 0 Å². The van der Waals surface area contributed by atoms with Crippen LogP contribution in [-0.4, -0.2) is 73.4 Å². The van der Waals surface area contributed by atoms with Crippen LogP contribution in [0, 0.1) is 0 Å². The van der Waals surface area contributed by atoms with E-state index in [1.807, 2.05) is 27.2 Å². The van der Waals surface area contributed by atoms with Crippen molar-refractivity contribution in [1.82, 2.24) is 5.32 Å². The zero-order valence-electron chi connectivity index (χ0n) is 60.9. The second-order valence-corrected chi connectivity index (χ2v) is 28.1. The summed E-state index contributed by atoms with van der Waals surface area (Å²) < 4.78 is 23.8. The van der Waals surface area contributed by atoms with Crippen LogP contribution in [0.3, 0.4) is 0 Å². The average molecular weight is 1310 g/mol. The summed E-state index contributed by atoms with van der Waals surface area (Å²) in [4.78, 5) is 23.5. The Kier molecular flexibility index (Phi) is 69.4. The Morgan fingerprint density at radius 1 is 0.376 bits per heavy atom. The molecular formula is C84H146N2O6P+.